The van der Waals surface area contributed by atoms with Crippen LogP contribution in [-0.4, -0.2) is 35.2 Å². The first-order chi connectivity index (χ1) is 9.19. The molecular formula is C17H27NO. The third kappa shape index (κ3) is 3.37. The molecule has 0 radical (unpaired) electrons. The minimum Gasteiger partial charge on any atom is -0.389 e. The van der Waals surface area contributed by atoms with Gasteiger partial charge in [-0.3, -0.25) is 0 Å². The molecule has 106 valence electrons. The quantitative estimate of drug-likeness (QED) is 0.848. The van der Waals surface area contributed by atoms with Crippen molar-refractivity contribution < 1.29 is 5.11 Å². The molecule has 0 bridgehead atoms. The van der Waals surface area contributed by atoms with Crippen molar-refractivity contribution in [1.29, 1.82) is 0 Å². The van der Waals surface area contributed by atoms with Gasteiger partial charge >= 0.3 is 0 Å². The summed E-state index contributed by atoms with van der Waals surface area (Å²) < 4.78 is 0. The van der Waals surface area contributed by atoms with Gasteiger partial charge in [-0.15, -0.1) is 0 Å². The summed E-state index contributed by atoms with van der Waals surface area (Å²) in [6, 6.07) is 10.6. The molecular weight excluding hydrogens is 234 g/mol. The minimum absolute atomic E-state index is 0.246. The van der Waals surface area contributed by atoms with Crippen LogP contribution in [0.2, 0.25) is 0 Å². The summed E-state index contributed by atoms with van der Waals surface area (Å²) in [4.78, 5) is 2.42. The highest BCUT2D eigenvalue weighted by atomic mass is 16.3. The van der Waals surface area contributed by atoms with E-state index in [-0.39, 0.29) is 5.92 Å². The molecule has 0 heterocycles. The maximum absolute atomic E-state index is 11.0. The molecule has 0 amide bonds. The monoisotopic (exact) mass is 261 g/mol. The van der Waals surface area contributed by atoms with Crippen molar-refractivity contribution in [3.8, 4) is 0 Å². The van der Waals surface area contributed by atoms with E-state index in [1.165, 1.54) is 5.56 Å². The number of likely N-dealkylation sites (N-methyl/N-ethyl adjacent to an activating group) is 1. The molecule has 2 heteroatoms. The van der Waals surface area contributed by atoms with Gasteiger partial charge in [0.25, 0.3) is 0 Å². The fourth-order valence-corrected chi connectivity index (χ4v) is 3.35. The molecule has 2 nitrogen and oxygen atoms in total. The van der Waals surface area contributed by atoms with Crippen molar-refractivity contribution in [2.24, 2.45) is 0 Å². The molecule has 0 spiro atoms. The molecule has 1 saturated carbocycles. The zero-order valence-electron chi connectivity index (χ0n) is 12.3. The van der Waals surface area contributed by atoms with Crippen LogP contribution in [0.25, 0.3) is 0 Å². The van der Waals surface area contributed by atoms with E-state index in [1.807, 2.05) is 0 Å². The number of hydrogen-bond donors (Lipinski definition) is 1. The maximum atomic E-state index is 11.0. The van der Waals surface area contributed by atoms with Gasteiger partial charge in [-0.25, -0.2) is 0 Å². The topological polar surface area (TPSA) is 23.5 Å². The van der Waals surface area contributed by atoms with Crippen LogP contribution in [0.15, 0.2) is 30.3 Å². The lowest BCUT2D eigenvalue weighted by molar-refractivity contribution is 0.00713. The standard InChI is InChI=1S/C17H27NO/c1-3-18(4-2)14-16(15-10-6-5-7-11-15)17(19)12-8-9-13-17/h5-7,10-11,16,19H,3-4,8-9,12-14H2,1-2H3. The molecule has 0 saturated heterocycles. The first kappa shape index (κ1) is 14.5. The molecule has 1 N–H and O–H groups in total. The van der Waals surface area contributed by atoms with Crippen molar-refractivity contribution in [2.75, 3.05) is 19.6 Å². The molecule has 1 aromatic carbocycles. The van der Waals surface area contributed by atoms with Crippen LogP contribution in [0.3, 0.4) is 0 Å². The Morgan fingerprint density at radius 3 is 2.21 bits per heavy atom. The van der Waals surface area contributed by atoms with Gasteiger partial charge in [-0.1, -0.05) is 57.0 Å². The van der Waals surface area contributed by atoms with Crippen LogP contribution >= 0.6 is 0 Å². The van der Waals surface area contributed by atoms with Crippen LogP contribution in [0.4, 0.5) is 0 Å². The Kier molecular flexibility index (Phi) is 5.00. The van der Waals surface area contributed by atoms with Crippen molar-refractivity contribution in [2.45, 2.75) is 51.0 Å². The molecule has 1 atom stereocenters. The van der Waals surface area contributed by atoms with Crippen LogP contribution in [0, 0.1) is 0 Å². The smallest absolute Gasteiger partial charge is 0.0728 e. The second-order valence-electron chi connectivity index (χ2n) is 5.76. The van der Waals surface area contributed by atoms with Crippen molar-refractivity contribution in [1.82, 2.24) is 4.90 Å². The summed E-state index contributed by atoms with van der Waals surface area (Å²) in [5, 5.41) is 11.0. The SMILES string of the molecule is CCN(CC)CC(c1ccccc1)C1(O)CCCC1. The molecule has 1 aromatic rings. The number of aliphatic hydroxyl groups is 1. The van der Waals surface area contributed by atoms with Gasteiger partial charge in [0.15, 0.2) is 0 Å². The molecule has 1 unspecified atom stereocenters. The number of nitrogens with zero attached hydrogens (tertiary/aromatic N) is 1. The van der Waals surface area contributed by atoms with Crippen LogP contribution in [0.1, 0.15) is 51.0 Å². The van der Waals surface area contributed by atoms with Gasteiger partial charge in [0.2, 0.25) is 0 Å². The van der Waals surface area contributed by atoms with Crippen LogP contribution in [0.5, 0.6) is 0 Å². The second-order valence-corrected chi connectivity index (χ2v) is 5.76. The summed E-state index contributed by atoms with van der Waals surface area (Å²) in [5.74, 6) is 0.246. The lowest BCUT2D eigenvalue weighted by Gasteiger charge is -2.36. The maximum Gasteiger partial charge on any atom is 0.0728 e. The molecule has 19 heavy (non-hydrogen) atoms. The Bertz CT molecular complexity index is 366. The second kappa shape index (κ2) is 6.53. The van der Waals surface area contributed by atoms with Crippen molar-refractivity contribution in [3.05, 3.63) is 35.9 Å². The lowest BCUT2D eigenvalue weighted by Crippen LogP contribution is -2.41. The summed E-state index contributed by atoms with van der Waals surface area (Å²) in [6.07, 6.45) is 4.23. The lowest BCUT2D eigenvalue weighted by atomic mass is 9.80. The molecule has 0 aromatic heterocycles. The summed E-state index contributed by atoms with van der Waals surface area (Å²) in [7, 11) is 0. The summed E-state index contributed by atoms with van der Waals surface area (Å²) in [5.41, 5.74) is 0.794. The minimum atomic E-state index is -0.496. The van der Waals surface area contributed by atoms with Crippen LogP contribution < -0.4 is 0 Å². The van der Waals surface area contributed by atoms with Crippen LogP contribution in [-0.2, 0) is 0 Å². The average Bonchev–Trinajstić information content (AvgIpc) is 2.89. The molecule has 1 aliphatic rings. The molecule has 1 aliphatic carbocycles. The third-order valence-electron chi connectivity index (χ3n) is 4.66. The Balaban J connectivity index is 2.23. The van der Waals surface area contributed by atoms with E-state index < -0.39 is 5.60 Å². The Labute approximate surface area is 117 Å². The molecule has 1 fully saturated rings. The number of hydrogen-bond acceptors (Lipinski definition) is 2. The van der Waals surface area contributed by atoms with Gasteiger partial charge < -0.3 is 10.0 Å². The van der Waals surface area contributed by atoms with E-state index in [0.29, 0.717) is 0 Å². The predicted molar refractivity (Wildman–Crippen MR) is 80.4 cm³/mol. The van der Waals surface area contributed by atoms with Gasteiger partial charge in [-0.05, 0) is 31.5 Å². The van der Waals surface area contributed by atoms with Gasteiger partial charge in [0.05, 0.1) is 5.60 Å². The normalized spacial score (nSPS) is 19.8. The Hall–Kier alpha value is -0.860. The Morgan fingerprint density at radius 2 is 1.68 bits per heavy atom. The molecule has 2 rings (SSSR count). The first-order valence-electron chi connectivity index (χ1n) is 7.69. The van der Waals surface area contributed by atoms with E-state index in [4.69, 9.17) is 0 Å². The largest absolute Gasteiger partial charge is 0.389 e. The fraction of sp³-hybridized carbons (Fsp3) is 0.647. The van der Waals surface area contributed by atoms with E-state index in [1.54, 1.807) is 0 Å². The van der Waals surface area contributed by atoms with E-state index >= 15 is 0 Å². The van der Waals surface area contributed by atoms with E-state index in [2.05, 4.69) is 49.1 Å². The van der Waals surface area contributed by atoms with Crippen molar-refractivity contribution in [3.63, 3.8) is 0 Å². The highest BCUT2D eigenvalue weighted by Gasteiger charge is 2.40. The number of benzene rings is 1. The zero-order valence-corrected chi connectivity index (χ0v) is 12.3. The predicted octanol–water partition coefficient (Wildman–Crippen LogP) is 3.42. The Morgan fingerprint density at radius 1 is 1.11 bits per heavy atom. The third-order valence-corrected chi connectivity index (χ3v) is 4.66. The number of rotatable bonds is 6. The van der Waals surface area contributed by atoms with Gasteiger partial charge in [0, 0.05) is 12.5 Å². The highest BCUT2D eigenvalue weighted by molar-refractivity contribution is 5.24. The average molecular weight is 261 g/mol. The summed E-state index contributed by atoms with van der Waals surface area (Å²) >= 11 is 0. The van der Waals surface area contributed by atoms with Gasteiger partial charge in [0.1, 0.15) is 0 Å². The first-order valence-corrected chi connectivity index (χ1v) is 7.69. The fourth-order valence-electron chi connectivity index (χ4n) is 3.35. The zero-order chi connectivity index (χ0) is 13.7. The van der Waals surface area contributed by atoms with E-state index in [9.17, 15) is 5.11 Å². The van der Waals surface area contributed by atoms with Crippen molar-refractivity contribution >= 4 is 0 Å². The highest BCUT2D eigenvalue weighted by Crippen LogP contribution is 2.41. The summed E-state index contributed by atoms with van der Waals surface area (Å²) in [6.45, 7) is 7.47. The van der Waals surface area contributed by atoms with Gasteiger partial charge in [-0.2, -0.15) is 0 Å². The van der Waals surface area contributed by atoms with E-state index in [0.717, 1.165) is 45.3 Å². The molecule has 0 aliphatic heterocycles.